The summed E-state index contributed by atoms with van der Waals surface area (Å²) in [4.78, 5) is 9.28. The predicted octanol–water partition coefficient (Wildman–Crippen LogP) is 17.5. The molecular formula is C63H55FN4O. The summed E-state index contributed by atoms with van der Waals surface area (Å²) >= 11 is 0. The predicted molar refractivity (Wildman–Crippen MR) is 286 cm³/mol. The molecule has 69 heavy (non-hydrogen) atoms. The number of anilines is 4. The van der Waals surface area contributed by atoms with Gasteiger partial charge in [-0.25, -0.2) is 9.37 Å². The fourth-order valence-electron chi connectivity index (χ4n) is 10.0. The smallest absolute Gasteiger partial charge is 0.137 e. The van der Waals surface area contributed by atoms with Gasteiger partial charge in [0.2, 0.25) is 0 Å². The van der Waals surface area contributed by atoms with E-state index >= 15 is 0 Å². The van der Waals surface area contributed by atoms with Gasteiger partial charge < -0.3 is 14.5 Å². The van der Waals surface area contributed by atoms with E-state index in [4.69, 9.17) is 17.9 Å². The number of ether oxygens (including phenoxy) is 1. The van der Waals surface area contributed by atoms with Crippen molar-refractivity contribution in [2.24, 2.45) is 0 Å². The highest BCUT2D eigenvalue weighted by molar-refractivity contribution is 6.09. The van der Waals surface area contributed by atoms with Gasteiger partial charge in [0.05, 0.1) is 22.4 Å². The summed E-state index contributed by atoms with van der Waals surface area (Å²) in [6.45, 7) is 5.78. The normalized spacial score (nSPS) is 14.1. The topological polar surface area (TPSA) is 33.5 Å². The van der Waals surface area contributed by atoms with Gasteiger partial charge in [0.1, 0.15) is 29.8 Å². The van der Waals surface area contributed by atoms with Crippen molar-refractivity contribution in [1.29, 1.82) is 0 Å². The monoisotopic (exact) mass is 908 g/mol. The number of hydrogen-bond acceptors (Lipinski definition) is 4. The van der Waals surface area contributed by atoms with Crippen LogP contribution in [0, 0.1) is 26.4 Å². The molecule has 340 valence electrons. The molecule has 0 radical (unpaired) electrons. The van der Waals surface area contributed by atoms with Crippen LogP contribution in [0.3, 0.4) is 0 Å². The molecule has 1 aliphatic rings. The van der Waals surface area contributed by atoms with Crippen LogP contribution in [-0.2, 0) is 0 Å². The van der Waals surface area contributed by atoms with Crippen LogP contribution in [-0.4, -0.2) is 16.2 Å². The number of aryl methyl sites for hydroxylation is 3. The minimum absolute atomic E-state index is 0.0807. The first-order valence-electron chi connectivity index (χ1n) is 26.5. The second kappa shape index (κ2) is 17.6. The van der Waals surface area contributed by atoms with Crippen LogP contribution >= 0.6 is 0 Å². The fraction of sp³-hybridized carbons (Fsp3) is 0.159. The van der Waals surface area contributed by atoms with Crippen molar-refractivity contribution in [2.75, 3.05) is 16.5 Å². The molecule has 11 rings (SSSR count). The quantitative estimate of drug-likeness (QED) is 0.137. The first-order chi connectivity index (χ1) is 35.9. The van der Waals surface area contributed by atoms with E-state index in [1.165, 1.54) is 12.1 Å². The first kappa shape index (κ1) is 37.1. The van der Waals surface area contributed by atoms with Crippen molar-refractivity contribution in [3.63, 3.8) is 0 Å². The van der Waals surface area contributed by atoms with E-state index in [0.29, 0.717) is 40.5 Å². The van der Waals surface area contributed by atoms with Crippen molar-refractivity contribution in [3.8, 4) is 50.7 Å². The summed E-state index contributed by atoms with van der Waals surface area (Å²) in [5, 5.41) is 2.07. The molecule has 1 aliphatic heterocycles. The molecule has 5 nitrogen and oxygen atoms in total. The largest absolute Gasteiger partial charge is 0.457 e. The molecule has 0 bridgehead atoms. The summed E-state index contributed by atoms with van der Waals surface area (Å²) in [5.41, 5.74) is 12.3. The van der Waals surface area contributed by atoms with E-state index in [-0.39, 0.29) is 34.3 Å². The zero-order valence-corrected chi connectivity index (χ0v) is 39.3. The molecule has 0 saturated carbocycles. The molecule has 0 saturated heterocycles. The lowest BCUT2D eigenvalue weighted by Gasteiger charge is -2.30. The first-order valence-corrected chi connectivity index (χ1v) is 23.5. The standard InChI is InChI=1S/C63H55FN4O/c1-39(2)55-34-47(45-21-23-49(64)24-22-45)35-56(40(3)4)63(55)67-38-66(58-27-20-41(5)29-60(58)67)50-32-48(62-42(6)30-46(31-43(62)7)44-15-9-8-10-16-44)33-52(36-50)69-51-25-26-54-53-17-11-12-18-57(53)68(59(54)37-51)61-19-13-14-28-65-61/h8-37,39-40H,38H2,1-7H3/i6D3,7D3. The molecule has 3 heterocycles. The Balaban J connectivity index is 1.13. The van der Waals surface area contributed by atoms with Crippen LogP contribution in [0.15, 0.2) is 182 Å². The number of benzene rings is 8. The molecule has 0 amide bonds. The second-order valence-electron chi connectivity index (χ2n) is 18.7. The Morgan fingerprint density at radius 3 is 1.94 bits per heavy atom. The van der Waals surface area contributed by atoms with Crippen LogP contribution in [0.2, 0.25) is 0 Å². The lowest BCUT2D eigenvalue weighted by Crippen LogP contribution is -2.26. The van der Waals surface area contributed by atoms with Gasteiger partial charge in [0, 0.05) is 48.7 Å². The Labute approximate surface area is 413 Å². The fourth-order valence-corrected chi connectivity index (χ4v) is 10.0. The molecular weight excluding hydrogens is 848 g/mol. The summed E-state index contributed by atoms with van der Waals surface area (Å²) in [6, 6.07) is 55.5. The van der Waals surface area contributed by atoms with E-state index in [1.54, 1.807) is 24.4 Å². The number of aromatic nitrogens is 2. The number of halogens is 1. The van der Waals surface area contributed by atoms with Crippen LogP contribution in [0.1, 0.15) is 75.6 Å². The molecule has 8 aromatic carbocycles. The zero-order valence-electron chi connectivity index (χ0n) is 45.3. The average Bonchev–Trinajstić information content (AvgIpc) is 3.97. The summed E-state index contributed by atoms with van der Waals surface area (Å²) in [5.74, 6) is 1.56. The zero-order chi connectivity index (χ0) is 52.5. The lowest BCUT2D eigenvalue weighted by molar-refractivity contribution is 0.483. The van der Waals surface area contributed by atoms with Crippen molar-refractivity contribution < 1.29 is 17.4 Å². The van der Waals surface area contributed by atoms with Crippen LogP contribution in [0.25, 0.3) is 61.0 Å². The Morgan fingerprint density at radius 1 is 0.551 bits per heavy atom. The summed E-state index contributed by atoms with van der Waals surface area (Å²) < 4.78 is 77.3. The van der Waals surface area contributed by atoms with Gasteiger partial charge >= 0.3 is 0 Å². The molecule has 10 aromatic rings. The molecule has 0 spiro atoms. The third-order valence-corrected chi connectivity index (χ3v) is 13.4. The minimum Gasteiger partial charge on any atom is -0.457 e. The van der Waals surface area contributed by atoms with Gasteiger partial charge in [0.25, 0.3) is 0 Å². The maximum absolute atomic E-state index is 14.2. The van der Waals surface area contributed by atoms with E-state index in [2.05, 4.69) is 91.5 Å². The summed E-state index contributed by atoms with van der Waals surface area (Å²) in [7, 11) is 0. The highest BCUT2D eigenvalue weighted by Gasteiger charge is 2.33. The molecule has 0 unspecified atom stereocenters. The Hall–Kier alpha value is -7.96. The highest BCUT2D eigenvalue weighted by atomic mass is 19.1. The van der Waals surface area contributed by atoms with Gasteiger partial charge in [-0.1, -0.05) is 113 Å². The number of para-hydroxylation sites is 1. The van der Waals surface area contributed by atoms with E-state index in [0.717, 1.165) is 72.5 Å². The maximum atomic E-state index is 14.2. The van der Waals surface area contributed by atoms with Crippen molar-refractivity contribution in [1.82, 2.24) is 9.55 Å². The number of fused-ring (bicyclic) bond motifs is 4. The number of hydrogen-bond donors (Lipinski definition) is 0. The van der Waals surface area contributed by atoms with Crippen LogP contribution in [0.5, 0.6) is 11.5 Å². The minimum atomic E-state index is -2.71. The number of nitrogens with zero attached hydrogens (tertiary/aromatic N) is 4. The SMILES string of the molecule is [2H]C([2H])([2H])c1cc(-c2ccccc2)cc(C([2H])([2H])[2H])c1-c1cc(Oc2ccc3c4ccccc4n(-c4ccccn4)c3c2)cc(N2CN(c3c(C(C)C)cc(-c4ccc(F)cc4)cc3C(C)C)c3cc(C)ccc32)c1. The van der Waals surface area contributed by atoms with Crippen LogP contribution in [0.4, 0.5) is 27.1 Å². The van der Waals surface area contributed by atoms with E-state index < -0.39 is 13.7 Å². The highest BCUT2D eigenvalue weighted by Crippen LogP contribution is 2.51. The second-order valence-corrected chi connectivity index (χ2v) is 18.7. The van der Waals surface area contributed by atoms with Gasteiger partial charge in [0.15, 0.2) is 0 Å². The van der Waals surface area contributed by atoms with Crippen LogP contribution < -0.4 is 14.5 Å². The third-order valence-electron chi connectivity index (χ3n) is 13.4. The average molecular weight is 909 g/mol. The van der Waals surface area contributed by atoms with Gasteiger partial charge in [-0.2, -0.15) is 0 Å². The third kappa shape index (κ3) is 8.00. The van der Waals surface area contributed by atoms with Gasteiger partial charge in [-0.3, -0.25) is 4.57 Å². The maximum Gasteiger partial charge on any atom is 0.137 e. The van der Waals surface area contributed by atoms with E-state index in [1.807, 2.05) is 103 Å². The Bertz CT molecular complexity index is 3730. The molecule has 6 heteroatoms. The number of rotatable bonds is 10. The molecule has 0 fully saturated rings. The van der Waals surface area contributed by atoms with Gasteiger partial charge in [-0.15, -0.1) is 0 Å². The Morgan fingerprint density at radius 2 is 1.23 bits per heavy atom. The van der Waals surface area contributed by atoms with Crippen molar-refractivity contribution >= 4 is 44.6 Å². The molecule has 0 N–H and O–H groups in total. The van der Waals surface area contributed by atoms with Crippen molar-refractivity contribution in [2.45, 2.75) is 60.2 Å². The number of pyridine rings is 1. The molecule has 0 atom stereocenters. The van der Waals surface area contributed by atoms with Gasteiger partial charge in [-0.05, 0) is 173 Å². The summed E-state index contributed by atoms with van der Waals surface area (Å²) in [6.07, 6.45) is 1.77. The lowest BCUT2D eigenvalue weighted by atomic mass is 9.87. The molecule has 2 aromatic heterocycles. The Kier molecular flexibility index (Phi) is 9.46. The van der Waals surface area contributed by atoms with Crippen molar-refractivity contribution in [3.05, 3.63) is 216 Å². The van der Waals surface area contributed by atoms with E-state index in [9.17, 15) is 4.39 Å². The molecule has 0 aliphatic carbocycles.